The van der Waals surface area contributed by atoms with Crippen molar-refractivity contribution in [1.82, 2.24) is 0 Å². The molecule has 0 aromatic heterocycles. The molecule has 0 bridgehead atoms. The predicted molar refractivity (Wildman–Crippen MR) is 126 cm³/mol. The fourth-order valence-corrected chi connectivity index (χ4v) is 8.63. The molecule has 4 heteroatoms. The van der Waals surface area contributed by atoms with Crippen LogP contribution in [0.25, 0.3) is 0 Å². The Morgan fingerprint density at radius 2 is 1.75 bits per heavy atom. The number of aliphatic hydroxyl groups excluding tert-OH is 1. The molecule has 4 aliphatic carbocycles. The topological polar surface area (TPSA) is 74.6 Å². The first-order chi connectivity index (χ1) is 14.9. The van der Waals surface area contributed by atoms with Crippen molar-refractivity contribution in [2.75, 3.05) is 0 Å². The second-order valence-corrected chi connectivity index (χ2v) is 12.6. The van der Waals surface area contributed by atoms with Crippen molar-refractivity contribution in [2.45, 2.75) is 104 Å². The number of aliphatic hydroxyl groups is 2. The minimum atomic E-state index is -1.48. The number of carbonyl (C=O) groups excluding carboxylic acids is 2. The van der Waals surface area contributed by atoms with Crippen LogP contribution in [0.1, 0.15) is 92.4 Å². The van der Waals surface area contributed by atoms with Gasteiger partial charge in [-0.2, -0.15) is 0 Å². The number of allylic oxidation sites excluding steroid dienone is 1. The molecule has 32 heavy (non-hydrogen) atoms. The number of carbonyl (C=O) groups is 2. The van der Waals surface area contributed by atoms with Crippen LogP contribution in [0.4, 0.5) is 0 Å². The maximum Gasteiger partial charge on any atom is 0.165 e. The Balaban J connectivity index is 1.59. The summed E-state index contributed by atoms with van der Waals surface area (Å²) in [6.45, 7) is 15.0. The van der Waals surface area contributed by atoms with E-state index in [4.69, 9.17) is 0 Å². The highest BCUT2D eigenvalue weighted by Crippen LogP contribution is 2.67. The molecule has 0 unspecified atom stereocenters. The zero-order valence-corrected chi connectivity index (χ0v) is 20.8. The summed E-state index contributed by atoms with van der Waals surface area (Å²) in [7, 11) is 0. The molecule has 4 nitrogen and oxygen atoms in total. The quantitative estimate of drug-likeness (QED) is 0.578. The maximum absolute atomic E-state index is 13.9. The molecule has 0 aliphatic heterocycles. The van der Waals surface area contributed by atoms with Gasteiger partial charge in [0.1, 0.15) is 11.4 Å². The summed E-state index contributed by atoms with van der Waals surface area (Å²) < 4.78 is 0. The zero-order chi connectivity index (χ0) is 23.6. The van der Waals surface area contributed by atoms with E-state index >= 15 is 0 Å². The van der Waals surface area contributed by atoms with Crippen molar-refractivity contribution < 1.29 is 19.8 Å². The van der Waals surface area contributed by atoms with Gasteiger partial charge in [-0.25, -0.2) is 0 Å². The second kappa shape index (κ2) is 8.05. The molecule has 180 valence electrons. The molecule has 0 saturated heterocycles. The largest absolute Gasteiger partial charge is 0.393 e. The van der Waals surface area contributed by atoms with Gasteiger partial charge in [-0.1, -0.05) is 39.8 Å². The van der Waals surface area contributed by atoms with E-state index in [0.29, 0.717) is 49.2 Å². The van der Waals surface area contributed by atoms with Gasteiger partial charge in [0.25, 0.3) is 0 Å². The van der Waals surface area contributed by atoms with E-state index in [9.17, 15) is 19.8 Å². The summed E-state index contributed by atoms with van der Waals surface area (Å²) in [6.07, 6.45) is 5.86. The lowest BCUT2D eigenvalue weighted by molar-refractivity contribution is -0.212. The van der Waals surface area contributed by atoms with Crippen LogP contribution in [-0.2, 0) is 9.59 Å². The molecule has 0 heterocycles. The van der Waals surface area contributed by atoms with Gasteiger partial charge in [0.15, 0.2) is 5.78 Å². The monoisotopic (exact) mass is 444 g/mol. The molecular formula is C28H44O4. The number of rotatable bonds is 5. The normalized spacial score (nSPS) is 47.9. The standard InChI is InChI=1S/C28H44O4/c1-16(2)17(3)7-8-18(4)21-9-10-22-20-13-25(31)28(32)15-19(29)11-12-26(28,5)23(20)14-24(30)27(21,22)6/h17-23,29,32H,1,7-15H2,2-6H3/t17-,18+,19-,20-,21+,22-,23-,26+,27+,28-/m0/s1. The van der Waals surface area contributed by atoms with Gasteiger partial charge >= 0.3 is 0 Å². The molecule has 4 fully saturated rings. The van der Waals surface area contributed by atoms with Crippen molar-refractivity contribution in [3.8, 4) is 0 Å². The predicted octanol–water partition coefficient (Wildman–Crippen LogP) is 5.11. The van der Waals surface area contributed by atoms with Crippen molar-refractivity contribution in [3.05, 3.63) is 12.2 Å². The van der Waals surface area contributed by atoms with Crippen LogP contribution in [0.15, 0.2) is 12.2 Å². The molecule has 4 aliphatic rings. The van der Waals surface area contributed by atoms with E-state index in [1.54, 1.807) is 0 Å². The highest BCUT2D eigenvalue weighted by Gasteiger charge is 2.69. The van der Waals surface area contributed by atoms with Gasteiger partial charge in [0.2, 0.25) is 0 Å². The first kappa shape index (κ1) is 24.1. The third-order valence-electron chi connectivity index (χ3n) is 11.1. The van der Waals surface area contributed by atoms with E-state index in [2.05, 4.69) is 34.3 Å². The highest BCUT2D eigenvalue weighted by molar-refractivity contribution is 5.92. The smallest absolute Gasteiger partial charge is 0.165 e. The fourth-order valence-electron chi connectivity index (χ4n) is 8.63. The molecule has 10 atom stereocenters. The number of ketones is 2. The lowest BCUT2D eigenvalue weighted by Gasteiger charge is -2.62. The van der Waals surface area contributed by atoms with Crippen molar-refractivity contribution in [1.29, 1.82) is 0 Å². The second-order valence-electron chi connectivity index (χ2n) is 12.6. The van der Waals surface area contributed by atoms with Crippen LogP contribution >= 0.6 is 0 Å². The van der Waals surface area contributed by atoms with Gasteiger partial charge in [-0.15, -0.1) is 0 Å². The van der Waals surface area contributed by atoms with Crippen molar-refractivity contribution >= 4 is 11.6 Å². The van der Waals surface area contributed by atoms with Gasteiger partial charge < -0.3 is 10.2 Å². The number of hydrogen-bond acceptors (Lipinski definition) is 4. The van der Waals surface area contributed by atoms with E-state index < -0.39 is 17.1 Å². The fraction of sp³-hybridized carbons (Fsp3) is 0.857. The summed E-state index contributed by atoms with van der Waals surface area (Å²) in [5, 5.41) is 21.7. The first-order valence-corrected chi connectivity index (χ1v) is 13.0. The zero-order valence-electron chi connectivity index (χ0n) is 20.8. The van der Waals surface area contributed by atoms with Gasteiger partial charge in [-0.05, 0) is 81.0 Å². The molecule has 0 aromatic rings. The first-order valence-electron chi connectivity index (χ1n) is 13.0. The van der Waals surface area contributed by atoms with Crippen LogP contribution in [0.5, 0.6) is 0 Å². The highest BCUT2D eigenvalue weighted by atomic mass is 16.3. The van der Waals surface area contributed by atoms with Crippen LogP contribution in [0.2, 0.25) is 0 Å². The summed E-state index contributed by atoms with van der Waals surface area (Å²) >= 11 is 0. The lowest BCUT2D eigenvalue weighted by atomic mass is 9.42. The number of fused-ring (bicyclic) bond motifs is 5. The third-order valence-corrected chi connectivity index (χ3v) is 11.1. The van der Waals surface area contributed by atoms with E-state index in [0.717, 1.165) is 25.7 Å². The summed E-state index contributed by atoms with van der Waals surface area (Å²) in [5.74, 6) is 2.07. The van der Waals surface area contributed by atoms with E-state index in [1.165, 1.54) is 5.57 Å². The third kappa shape index (κ3) is 3.30. The van der Waals surface area contributed by atoms with Crippen LogP contribution in [-0.4, -0.2) is 33.5 Å². The Kier molecular flexibility index (Phi) is 6.07. The number of Topliss-reactive ketones (excluding diaryl/α,β-unsaturated/α-hetero) is 2. The average Bonchev–Trinajstić information content (AvgIpc) is 3.08. The Hall–Kier alpha value is -1.00. The van der Waals surface area contributed by atoms with Crippen molar-refractivity contribution in [2.24, 2.45) is 46.3 Å². The Bertz CT molecular complexity index is 803. The molecule has 2 N–H and O–H groups in total. The molecule has 0 amide bonds. The molecule has 0 spiro atoms. The van der Waals surface area contributed by atoms with Crippen LogP contribution < -0.4 is 0 Å². The number of hydrogen-bond donors (Lipinski definition) is 2. The minimum absolute atomic E-state index is 0.0424. The lowest BCUT2D eigenvalue weighted by Crippen LogP contribution is -2.68. The molecule has 0 radical (unpaired) electrons. The Morgan fingerprint density at radius 1 is 1.06 bits per heavy atom. The SMILES string of the molecule is C=C(C)[C@@H](C)CC[C@@H](C)[C@H]1CC[C@H]2[C@@H]3CC(=O)[C@@]4(O)C[C@@H](O)CC[C@]4(C)[C@H]3CC(=O)[C@]12C. The molecule has 4 saturated carbocycles. The summed E-state index contributed by atoms with van der Waals surface area (Å²) in [6, 6.07) is 0. The minimum Gasteiger partial charge on any atom is -0.393 e. The van der Waals surface area contributed by atoms with Gasteiger partial charge in [-0.3, -0.25) is 9.59 Å². The van der Waals surface area contributed by atoms with E-state index in [1.807, 2.05) is 6.92 Å². The summed E-state index contributed by atoms with van der Waals surface area (Å²) in [4.78, 5) is 27.2. The molecule has 4 rings (SSSR count). The van der Waals surface area contributed by atoms with Gasteiger partial charge in [0.05, 0.1) is 6.10 Å². The Morgan fingerprint density at radius 3 is 2.41 bits per heavy atom. The van der Waals surface area contributed by atoms with Crippen LogP contribution in [0, 0.1) is 46.3 Å². The van der Waals surface area contributed by atoms with Crippen molar-refractivity contribution in [3.63, 3.8) is 0 Å². The van der Waals surface area contributed by atoms with Crippen LogP contribution in [0.3, 0.4) is 0 Å². The average molecular weight is 445 g/mol. The Labute approximate surface area is 194 Å². The maximum atomic E-state index is 13.9. The molecule has 0 aromatic carbocycles. The molecular weight excluding hydrogens is 400 g/mol. The van der Waals surface area contributed by atoms with Gasteiger partial charge in [0, 0.05) is 30.1 Å². The van der Waals surface area contributed by atoms with E-state index in [-0.39, 0.29) is 35.4 Å². The summed E-state index contributed by atoms with van der Waals surface area (Å²) in [5.41, 5.74) is -1.22.